The molecule has 4 heteroatoms. The minimum absolute atomic E-state index is 0.0223. The van der Waals surface area contributed by atoms with Crippen molar-refractivity contribution >= 4 is 17.5 Å². The van der Waals surface area contributed by atoms with E-state index in [-0.39, 0.29) is 5.91 Å². The van der Waals surface area contributed by atoms with Crippen LogP contribution in [0.1, 0.15) is 61.5 Å². The number of aryl methyl sites for hydroxylation is 1. The second-order valence-corrected chi connectivity index (χ2v) is 5.57. The van der Waals surface area contributed by atoms with Crippen LogP contribution >= 0.6 is 11.6 Å². The number of nitrogens with zero attached hydrogens (tertiary/aromatic N) is 1. The Hall–Kier alpha value is -1.09. The molecule has 19 heavy (non-hydrogen) atoms. The molecule has 0 radical (unpaired) electrons. The van der Waals surface area contributed by atoms with E-state index in [1.54, 1.807) is 6.07 Å². The van der Waals surface area contributed by atoms with Crippen molar-refractivity contribution in [2.45, 2.75) is 57.9 Å². The first-order valence-electron chi connectivity index (χ1n) is 7.16. The maximum absolute atomic E-state index is 12.2. The highest BCUT2D eigenvalue weighted by molar-refractivity contribution is 6.29. The molecule has 1 aliphatic rings. The second-order valence-electron chi connectivity index (χ2n) is 5.19. The van der Waals surface area contributed by atoms with E-state index < -0.39 is 0 Å². The minimum Gasteiger partial charge on any atom is -0.349 e. The lowest BCUT2D eigenvalue weighted by Gasteiger charge is -2.16. The summed E-state index contributed by atoms with van der Waals surface area (Å²) in [7, 11) is 0. The minimum atomic E-state index is -0.0223. The van der Waals surface area contributed by atoms with Crippen LogP contribution in [0, 0.1) is 0 Å². The van der Waals surface area contributed by atoms with Crippen LogP contribution in [-0.2, 0) is 6.42 Å². The first-order chi connectivity index (χ1) is 9.19. The van der Waals surface area contributed by atoms with E-state index in [1.807, 2.05) is 13.0 Å². The summed E-state index contributed by atoms with van der Waals surface area (Å²) >= 11 is 5.95. The third-order valence-electron chi connectivity index (χ3n) is 3.66. The lowest BCUT2D eigenvalue weighted by atomic mass is 10.1. The van der Waals surface area contributed by atoms with E-state index in [9.17, 15) is 4.79 Å². The number of pyridine rings is 1. The number of rotatable bonds is 3. The topological polar surface area (TPSA) is 42.0 Å². The Morgan fingerprint density at radius 1 is 1.32 bits per heavy atom. The molecule has 0 aliphatic heterocycles. The van der Waals surface area contributed by atoms with Crippen LogP contribution in [0.15, 0.2) is 12.1 Å². The van der Waals surface area contributed by atoms with Crippen LogP contribution in [0.3, 0.4) is 0 Å². The van der Waals surface area contributed by atoms with Gasteiger partial charge in [-0.1, -0.05) is 44.2 Å². The predicted molar refractivity (Wildman–Crippen MR) is 77.6 cm³/mol. The average molecular weight is 281 g/mol. The molecule has 1 heterocycles. The van der Waals surface area contributed by atoms with Gasteiger partial charge in [0.25, 0.3) is 5.91 Å². The number of hydrogen-bond donors (Lipinski definition) is 1. The Morgan fingerprint density at radius 2 is 2.00 bits per heavy atom. The Morgan fingerprint density at radius 3 is 2.63 bits per heavy atom. The molecular weight excluding hydrogens is 260 g/mol. The summed E-state index contributed by atoms with van der Waals surface area (Å²) < 4.78 is 0. The van der Waals surface area contributed by atoms with Crippen molar-refractivity contribution in [2.24, 2.45) is 0 Å². The van der Waals surface area contributed by atoms with Crippen molar-refractivity contribution in [2.75, 3.05) is 0 Å². The SMILES string of the molecule is CCc1cc(C(=O)NC2CCCCCC2)cc(Cl)n1. The molecular formula is C15H21ClN2O. The summed E-state index contributed by atoms with van der Waals surface area (Å²) in [6, 6.07) is 3.79. The highest BCUT2D eigenvalue weighted by Gasteiger charge is 2.16. The lowest BCUT2D eigenvalue weighted by Crippen LogP contribution is -2.34. The zero-order valence-electron chi connectivity index (χ0n) is 11.4. The van der Waals surface area contributed by atoms with E-state index in [1.165, 1.54) is 25.7 Å². The van der Waals surface area contributed by atoms with Gasteiger partial charge in [0, 0.05) is 17.3 Å². The third-order valence-corrected chi connectivity index (χ3v) is 3.86. The molecule has 1 fully saturated rings. The standard InChI is InChI=1S/C15H21ClN2O/c1-2-12-9-11(10-14(16)17-12)15(19)18-13-7-5-3-4-6-8-13/h9-10,13H,2-8H2,1H3,(H,18,19). The normalized spacial score (nSPS) is 16.9. The second kappa shape index (κ2) is 6.90. The number of nitrogens with one attached hydrogen (secondary N) is 1. The van der Waals surface area contributed by atoms with E-state index >= 15 is 0 Å². The van der Waals surface area contributed by atoms with Gasteiger partial charge in [-0.2, -0.15) is 0 Å². The van der Waals surface area contributed by atoms with E-state index in [0.717, 1.165) is 25.0 Å². The van der Waals surface area contributed by atoms with Gasteiger partial charge in [0.05, 0.1) is 0 Å². The highest BCUT2D eigenvalue weighted by atomic mass is 35.5. The molecule has 3 nitrogen and oxygen atoms in total. The fourth-order valence-corrected chi connectivity index (χ4v) is 2.78. The van der Waals surface area contributed by atoms with Gasteiger partial charge < -0.3 is 5.32 Å². The van der Waals surface area contributed by atoms with E-state index in [4.69, 9.17) is 11.6 Å². The number of halogens is 1. The quantitative estimate of drug-likeness (QED) is 0.677. The number of carbonyl (C=O) groups is 1. The van der Waals surface area contributed by atoms with E-state index in [2.05, 4.69) is 10.3 Å². The third kappa shape index (κ3) is 4.20. The molecule has 104 valence electrons. The van der Waals surface area contributed by atoms with Crippen LogP contribution in [0.2, 0.25) is 5.15 Å². The molecule has 0 spiro atoms. The van der Waals surface area contributed by atoms with Crippen molar-refractivity contribution in [3.05, 3.63) is 28.5 Å². The smallest absolute Gasteiger partial charge is 0.251 e. The number of carbonyl (C=O) groups excluding carboxylic acids is 1. The van der Waals surface area contributed by atoms with Gasteiger partial charge in [-0.25, -0.2) is 4.98 Å². The molecule has 1 aromatic heterocycles. The summed E-state index contributed by atoms with van der Waals surface area (Å²) in [5, 5.41) is 3.52. The Bertz CT molecular complexity index is 440. The molecule has 1 amide bonds. The first kappa shape index (κ1) is 14.3. The average Bonchev–Trinajstić information content (AvgIpc) is 2.66. The van der Waals surface area contributed by atoms with Crippen LogP contribution < -0.4 is 5.32 Å². The van der Waals surface area contributed by atoms with Gasteiger partial charge in [-0.15, -0.1) is 0 Å². The molecule has 0 bridgehead atoms. The summed E-state index contributed by atoms with van der Waals surface area (Å²) in [4.78, 5) is 16.4. The highest BCUT2D eigenvalue weighted by Crippen LogP contribution is 2.18. The lowest BCUT2D eigenvalue weighted by molar-refractivity contribution is 0.0933. The fraction of sp³-hybridized carbons (Fsp3) is 0.600. The van der Waals surface area contributed by atoms with Gasteiger partial charge >= 0.3 is 0 Å². The summed E-state index contributed by atoms with van der Waals surface area (Å²) in [5.41, 5.74) is 1.49. The maximum Gasteiger partial charge on any atom is 0.251 e. The zero-order chi connectivity index (χ0) is 13.7. The maximum atomic E-state index is 12.2. The monoisotopic (exact) mass is 280 g/mol. The van der Waals surface area contributed by atoms with Crippen molar-refractivity contribution in [1.29, 1.82) is 0 Å². The summed E-state index contributed by atoms with van der Waals surface area (Å²) in [5.74, 6) is -0.0223. The predicted octanol–water partition coefficient (Wildman–Crippen LogP) is 3.75. The van der Waals surface area contributed by atoms with Crippen LogP contribution in [0.5, 0.6) is 0 Å². The molecule has 0 saturated heterocycles. The molecule has 1 saturated carbocycles. The van der Waals surface area contributed by atoms with Crippen molar-refractivity contribution in [3.63, 3.8) is 0 Å². The Balaban J connectivity index is 2.04. The van der Waals surface area contributed by atoms with E-state index in [0.29, 0.717) is 16.8 Å². The number of aromatic nitrogens is 1. The fourth-order valence-electron chi connectivity index (χ4n) is 2.56. The van der Waals surface area contributed by atoms with Crippen LogP contribution in [-0.4, -0.2) is 16.9 Å². The molecule has 0 unspecified atom stereocenters. The van der Waals surface area contributed by atoms with Gasteiger partial charge in [0.1, 0.15) is 5.15 Å². The molecule has 1 N–H and O–H groups in total. The first-order valence-corrected chi connectivity index (χ1v) is 7.54. The summed E-state index contributed by atoms with van der Waals surface area (Å²) in [6.45, 7) is 2.01. The molecule has 0 aromatic carbocycles. The Labute approximate surface area is 119 Å². The van der Waals surface area contributed by atoms with Crippen molar-refractivity contribution < 1.29 is 4.79 Å². The number of amides is 1. The molecule has 1 aromatic rings. The van der Waals surface area contributed by atoms with Gasteiger partial charge in [0.15, 0.2) is 0 Å². The van der Waals surface area contributed by atoms with Crippen molar-refractivity contribution in [1.82, 2.24) is 10.3 Å². The van der Waals surface area contributed by atoms with Gasteiger partial charge in [-0.3, -0.25) is 4.79 Å². The Kier molecular flexibility index (Phi) is 5.20. The van der Waals surface area contributed by atoms with Gasteiger partial charge in [-0.05, 0) is 31.4 Å². The zero-order valence-corrected chi connectivity index (χ0v) is 12.2. The molecule has 2 rings (SSSR count). The number of hydrogen-bond acceptors (Lipinski definition) is 2. The summed E-state index contributed by atoms with van der Waals surface area (Å²) in [6.07, 6.45) is 7.95. The molecule has 0 atom stereocenters. The van der Waals surface area contributed by atoms with Crippen molar-refractivity contribution in [3.8, 4) is 0 Å². The van der Waals surface area contributed by atoms with Crippen LogP contribution in [0.4, 0.5) is 0 Å². The van der Waals surface area contributed by atoms with Gasteiger partial charge in [0.2, 0.25) is 0 Å². The van der Waals surface area contributed by atoms with Crippen LogP contribution in [0.25, 0.3) is 0 Å². The largest absolute Gasteiger partial charge is 0.349 e. The molecule has 1 aliphatic carbocycles.